The fourth-order valence-electron chi connectivity index (χ4n) is 6.17. The Bertz CT molecular complexity index is 1990. The van der Waals surface area contributed by atoms with Crippen molar-refractivity contribution in [3.63, 3.8) is 0 Å². The SMILES string of the molecule is Cc1cn(C2CC(O)C(COP(=S)(OCCCOP(=S)(OCCC#N)N(C(C)C)C(C)C)OC3CC(n4cc(C)c(=O)[nH]c4=O)OC3CO)O2)c(=O)[nH]c1=O. The van der Waals surface area contributed by atoms with Gasteiger partial charge in [0.15, 0.2) is 0 Å². The molecule has 0 spiro atoms. The minimum atomic E-state index is -3.77. The lowest BCUT2D eigenvalue weighted by molar-refractivity contribution is -0.0550. The molecule has 2 aliphatic rings. The van der Waals surface area contributed by atoms with Gasteiger partial charge in [-0.05, 0) is 71.6 Å². The monoisotopic (exact) mass is 852 g/mol. The number of aromatic amines is 2. The van der Waals surface area contributed by atoms with Crippen LogP contribution in [0.4, 0.5) is 0 Å². The molecule has 8 atom stereocenters. The maximum atomic E-state index is 12.6. The number of hydrogen-bond acceptors (Lipinski definition) is 16. The molecule has 0 bridgehead atoms. The Kier molecular flexibility index (Phi) is 16.5. The molecule has 0 radical (unpaired) electrons. The number of nitrogens with zero attached hydrogens (tertiary/aromatic N) is 4. The first-order chi connectivity index (χ1) is 25.9. The summed E-state index contributed by atoms with van der Waals surface area (Å²) in [5.74, 6) is 0. The molecule has 2 aromatic heterocycles. The molecule has 8 unspecified atom stereocenters. The van der Waals surface area contributed by atoms with Crippen LogP contribution in [0.3, 0.4) is 0 Å². The van der Waals surface area contributed by atoms with Gasteiger partial charge in [0, 0.05) is 48.4 Å². The van der Waals surface area contributed by atoms with E-state index in [-0.39, 0.29) is 75.3 Å². The highest BCUT2D eigenvalue weighted by molar-refractivity contribution is 8.08. The Morgan fingerprint density at radius 2 is 1.42 bits per heavy atom. The Balaban J connectivity index is 1.50. The van der Waals surface area contributed by atoms with E-state index in [9.17, 15) is 29.4 Å². The van der Waals surface area contributed by atoms with E-state index in [2.05, 4.69) is 9.97 Å². The minimum absolute atomic E-state index is 0.00551. The molecule has 2 aliphatic heterocycles. The van der Waals surface area contributed by atoms with Gasteiger partial charge in [-0.3, -0.25) is 28.7 Å². The molecule has 308 valence electrons. The highest BCUT2D eigenvalue weighted by Crippen LogP contribution is 2.56. The number of aliphatic hydroxyl groups is 2. The van der Waals surface area contributed by atoms with Gasteiger partial charge in [-0.15, -0.1) is 0 Å². The molecule has 55 heavy (non-hydrogen) atoms. The second-order valence-electron chi connectivity index (χ2n) is 13.6. The zero-order chi connectivity index (χ0) is 40.7. The number of H-pyrrole nitrogens is 2. The lowest BCUT2D eigenvalue weighted by Crippen LogP contribution is -2.35. The largest absolute Gasteiger partial charge is 0.394 e. The van der Waals surface area contributed by atoms with E-state index in [0.717, 1.165) is 0 Å². The number of rotatable bonds is 20. The van der Waals surface area contributed by atoms with Crippen LogP contribution in [0.2, 0.25) is 0 Å². The summed E-state index contributed by atoms with van der Waals surface area (Å²) in [5.41, 5.74) is -1.96. The van der Waals surface area contributed by atoms with Crippen LogP contribution in [0.25, 0.3) is 0 Å². The van der Waals surface area contributed by atoms with Gasteiger partial charge < -0.3 is 42.3 Å². The fraction of sp³-hybridized carbons (Fsp3) is 0.719. The summed E-state index contributed by atoms with van der Waals surface area (Å²) in [6.07, 6.45) is -2.72. The van der Waals surface area contributed by atoms with Crippen LogP contribution in [0.5, 0.6) is 0 Å². The second-order valence-corrected chi connectivity index (χ2v) is 19.9. The standard InChI is InChI=1S/C32H50N6O13P2S2/c1-19(2)38(20(3)4)52(54,45-10-7-9-33)46-11-8-12-47-53(55,48-18-26-23(40)13-27(50-26)36-15-21(5)29(41)34-31(36)43)51-24-14-28(49-25(24)17-39)37-16-22(6)30(42)35-32(37)44/h15-16,19-20,23-28,39-40H,7-8,10-14,17-18H2,1-6H3,(H,34,41,43)(H,35,42,44). The van der Waals surface area contributed by atoms with Crippen molar-refractivity contribution in [1.29, 1.82) is 5.26 Å². The maximum absolute atomic E-state index is 12.6. The summed E-state index contributed by atoms with van der Waals surface area (Å²) in [6, 6.07) is 2.03. The smallest absolute Gasteiger partial charge is 0.330 e. The first-order valence-corrected chi connectivity index (χ1v) is 22.9. The molecule has 0 aromatic carbocycles. The van der Waals surface area contributed by atoms with Crippen LogP contribution in [-0.4, -0.2) is 104 Å². The zero-order valence-corrected chi connectivity index (χ0v) is 34.9. The number of hydrogen-bond donors (Lipinski definition) is 4. The van der Waals surface area contributed by atoms with Gasteiger partial charge in [-0.2, -0.15) is 5.26 Å². The molecule has 23 heteroatoms. The lowest BCUT2D eigenvalue weighted by Gasteiger charge is -2.39. The molecule has 2 aromatic rings. The minimum Gasteiger partial charge on any atom is -0.394 e. The highest BCUT2D eigenvalue weighted by Gasteiger charge is 2.43. The molecule has 0 amide bonds. The third kappa shape index (κ3) is 11.7. The average molecular weight is 853 g/mol. The highest BCUT2D eigenvalue weighted by atomic mass is 32.5. The third-order valence-corrected chi connectivity index (χ3v) is 14.8. The van der Waals surface area contributed by atoms with E-state index in [4.69, 9.17) is 61.0 Å². The van der Waals surface area contributed by atoms with Gasteiger partial charge in [0.1, 0.15) is 24.7 Å². The van der Waals surface area contributed by atoms with Crippen LogP contribution >= 0.6 is 13.4 Å². The molecule has 2 saturated heterocycles. The maximum Gasteiger partial charge on any atom is 0.330 e. The fourth-order valence-corrected chi connectivity index (χ4v) is 12.1. The predicted octanol–water partition coefficient (Wildman–Crippen LogP) is 1.96. The van der Waals surface area contributed by atoms with Crippen molar-refractivity contribution in [3.8, 4) is 6.07 Å². The average Bonchev–Trinajstić information content (AvgIpc) is 3.68. The van der Waals surface area contributed by atoms with E-state index in [1.807, 2.05) is 38.4 Å². The van der Waals surface area contributed by atoms with Crippen LogP contribution < -0.4 is 22.5 Å². The number of aliphatic hydroxyl groups excluding tert-OH is 2. The number of aryl methyl sites for hydroxylation is 2. The third-order valence-electron chi connectivity index (χ3n) is 8.74. The van der Waals surface area contributed by atoms with Gasteiger partial charge in [-0.1, -0.05) is 0 Å². The quantitative estimate of drug-likeness (QED) is 0.110. The normalized spacial score (nSPS) is 25.1. The topological polar surface area (TPSA) is 242 Å². The number of nitriles is 1. The van der Waals surface area contributed by atoms with Crippen LogP contribution in [0, 0.1) is 25.2 Å². The summed E-state index contributed by atoms with van der Waals surface area (Å²) >= 11 is 11.8. The van der Waals surface area contributed by atoms with Gasteiger partial charge >= 0.3 is 18.1 Å². The molecule has 0 aliphatic carbocycles. The van der Waals surface area contributed by atoms with E-state index in [0.29, 0.717) is 0 Å². The Morgan fingerprint density at radius 1 is 0.891 bits per heavy atom. The van der Waals surface area contributed by atoms with Crippen molar-refractivity contribution < 1.29 is 42.3 Å². The van der Waals surface area contributed by atoms with Gasteiger partial charge in [0.05, 0.1) is 57.7 Å². The Labute approximate surface area is 327 Å². The zero-order valence-electron chi connectivity index (χ0n) is 31.5. The van der Waals surface area contributed by atoms with E-state index >= 15 is 0 Å². The van der Waals surface area contributed by atoms with E-state index in [1.54, 1.807) is 0 Å². The molecule has 2 fully saturated rings. The summed E-state index contributed by atoms with van der Waals surface area (Å²) in [7, 11) is 0. The Hall–Kier alpha value is -2.25. The van der Waals surface area contributed by atoms with Crippen molar-refractivity contribution >= 4 is 37.0 Å². The van der Waals surface area contributed by atoms with Gasteiger partial charge in [0.2, 0.25) is 0 Å². The second kappa shape index (κ2) is 19.9. The van der Waals surface area contributed by atoms with Gasteiger partial charge in [-0.25, -0.2) is 14.3 Å². The number of ether oxygens (including phenoxy) is 2. The number of nitrogens with one attached hydrogen (secondary N) is 2. The van der Waals surface area contributed by atoms with Gasteiger partial charge in [0.25, 0.3) is 17.8 Å². The van der Waals surface area contributed by atoms with Crippen LogP contribution in [0.15, 0.2) is 31.6 Å². The molecule has 4 heterocycles. The first kappa shape index (κ1) is 45.5. The number of aromatic nitrogens is 4. The van der Waals surface area contributed by atoms with Crippen molar-refractivity contribution in [3.05, 3.63) is 65.2 Å². The van der Waals surface area contributed by atoms with Crippen molar-refractivity contribution in [1.82, 2.24) is 23.8 Å². The molecule has 19 nitrogen and oxygen atoms in total. The molecular formula is C32H50N6O13P2S2. The molecular weight excluding hydrogens is 802 g/mol. The van der Waals surface area contributed by atoms with Crippen LogP contribution in [-0.2, 0) is 55.7 Å². The van der Waals surface area contributed by atoms with E-state index < -0.39 is 79.3 Å². The molecule has 4 rings (SSSR count). The van der Waals surface area contributed by atoms with Crippen molar-refractivity contribution in [2.24, 2.45) is 0 Å². The van der Waals surface area contributed by atoms with Crippen molar-refractivity contribution in [2.45, 2.75) is 116 Å². The van der Waals surface area contributed by atoms with Crippen LogP contribution in [0.1, 0.15) is 77.0 Å². The van der Waals surface area contributed by atoms with Crippen molar-refractivity contribution in [2.75, 3.05) is 33.0 Å². The summed E-state index contributed by atoms with van der Waals surface area (Å²) < 4.78 is 46.9. The predicted molar refractivity (Wildman–Crippen MR) is 206 cm³/mol. The molecule has 0 saturated carbocycles. The molecule has 4 N–H and O–H groups in total. The lowest BCUT2D eigenvalue weighted by atomic mass is 10.2. The summed E-state index contributed by atoms with van der Waals surface area (Å²) in [5, 5.41) is 30.1. The summed E-state index contributed by atoms with van der Waals surface area (Å²) in [4.78, 5) is 53.5. The Morgan fingerprint density at radius 3 is 1.96 bits per heavy atom. The first-order valence-electron chi connectivity index (χ1n) is 17.8. The summed E-state index contributed by atoms with van der Waals surface area (Å²) in [6.45, 7) is 3.50. The van der Waals surface area contributed by atoms with E-state index in [1.165, 1.54) is 35.4 Å².